The lowest BCUT2D eigenvalue weighted by Gasteiger charge is -2.11. The lowest BCUT2D eigenvalue weighted by molar-refractivity contribution is 0.0137. The van der Waals surface area contributed by atoms with Gasteiger partial charge in [-0.25, -0.2) is 8.78 Å². The van der Waals surface area contributed by atoms with Crippen molar-refractivity contribution >= 4 is 5.91 Å². The third-order valence-electron chi connectivity index (χ3n) is 3.33. The Balaban J connectivity index is 2.10. The SMILES string of the molecule is Cc1cccc(-c2cccc(C(=O)NCCC(C)(F)F)c2)c1. The summed E-state index contributed by atoms with van der Waals surface area (Å²) in [6, 6.07) is 15.1. The zero-order valence-electron chi connectivity index (χ0n) is 12.7. The van der Waals surface area contributed by atoms with Gasteiger partial charge in [0.1, 0.15) is 0 Å². The van der Waals surface area contributed by atoms with Gasteiger partial charge in [-0.05, 0) is 37.1 Å². The highest BCUT2D eigenvalue weighted by molar-refractivity contribution is 5.95. The van der Waals surface area contributed by atoms with Crippen LogP contribution in [-0.4, -0.2) is 18.4 Å². The molecule has 0 fully saturated rings. The molecule has 1 amide bonds. The Morgan fingerprint density at radius 1 is 1.09 bits per heavy atom. The van der Waals surface area contributed by atoms with Crippen molar-refractivity contribution < 1.29 is 13.6 Å². The van der Waals surface area contributed by atoms with Gasteiger partial charge >= 0.3 is 0 Å². The van der Waals surface area contributed by atoms with Gasteiger partial charge in [0.25, 0.3) is 5.91 Å². The zero-order chi connectivity index (χ0) is 16.2. The van der Waals surface area contributed by atoms with E-state index < -0.39 is 5.92 Å². The van der Waals surface area contributed by atoms with Gasteiger partial charge < -0.3 is 5.32 Å². The molecule has 0 bridgehead atoms. The van der Waals surface area contributed by atoms with Crippen LogP contribution in [0.15, 0.2) is 48.5 Å². The van der Waals surface area contributed by atoms with Crippen LogP contribution in [0.2, 0.25) is 0 Å². The van der Waals surface area contributed by atoms with Crippen LogP contribution in [0, 0.1) is 6.92 Å². The first-order valence-corrected chi connectivity index (χ1v) is 7.18. The maximum absolute atomic E-state index is 12.7. The molecule has 0 radical (unpaired) electrons. The number of nitrogens with one attached hydrogen (secondary N) is 1. The second kappa shape index (κ2) is 6.69. The topological polar surface area (TPSA) is 29.1 Å². The van der Waals surface area contributed by atoms with E-state index in [1.165, 1.54) is 0 Å². The number of hydrogen-bond donors (Lipinski definition) is 1. The van der Waals surface area contributed by atoms with Gasteiger partial charge in [-0.2, -0.15) is 0 Å². The number of rotatable bonds is 5. The molecule has 0 heterocycles. The van der Waals surface area contributed by atoms with Crippen LogP contribution in [0.4, 0.5) is 8.78 Å². The summed E-state index contributed by atoms with van der Waals surface area (Å²) in [5.41, 5.74) is 3.56. The van der Waals surface area contributed by atoms with Crippen LogP contribution in [0.25, 0.3) is 11.1 Å². The summed E-state index contributed by atoms with van der Waals surface area (Å²) in [6.07, 6.45) is -0.365. The number of amides is 1. The van der Waals surface area contributed by atoms with E-state index in [0.717, 1.165) is 23.6 Å². The van der Waals surface area contributed by atoms with Crippen molar-refractivity contribution in [2.45, 2.75) is 26.2 Å². The molecule has 2 aromatic rings. The first-order valence-electron chi connectivity index (χ1n) is 7.18. The van der Waals surface area contributed by atoms with Gasteiger partial charge in [-0.15, -0.1) is 0 Å². The maximum Gasteiger partial charge on any atom is 0.251 e. The van der Waals surface area contributed by atoms with Crippen molar-refractivity contribution in [2.75, 3.05) is 6.54 Å². The van der Waals surface area contributed by atoms with Crippen LogP contribution in [-0.2, 0) is 0 Å². The standard InChI is InChI=1S/C18H19F2NO/c1-13-5-3-6-14(11-13)15-7-4-8-16(12-15)17(22)21-10-9-18(2,19)20/h3-8,11-12H,9-10H2,1-2H3,(H,21,22). The van der Waals surface area contributed by atoms with Crippen LogP contribution in [0.5, 0.6) is 0 Å². The Labute approximate surface area is 129 Å². The average molecular weight is 303 g/mol. The summed E-state index contributed by atoms with van der Waals surface area (Å²) < 4.78 is 25.5. The molecule has 22 heavy (non-hydrogen) atoms. The molecule has 0 unspecified atom stereocenters. The van der Waals surface area contributed by atoms with E-state index in [0.29, 0.717) is 5.56 Å². The van der Waals surface area contributed by atoms with E-state index in [4.69, 9.17) is 0 Å². The molecule has 0 saturated heterocycles. The second-order valence-electron chi connectivity index (χ2n) is 5.53. The number of carbonyl (C=O) groups excluding carboxylic acids is 1. The molecule has 2 aromatic carbocycles. The van der Waals surface area contributed by atoms with Gasteiger partial charge in [-0.1, -0.05) is 42.0 Å². The molecule has 2 rings (SSSR count). The monoisotopic (exact) mass is 303 g/mol. The van der Waals surface area contributed by atoms with Gasteiger partial charge in [-0.3, -0.25) is 4.79 Å². The third kappa shape index (κ3) is 4.65. The lowest BCUT2D eigenvalue weighted by Crippen LogP contribution is -2.28. The minimum absolute atomic E-state index is 0.0446. The smallest absolute Gasteiger partial charge is 0.251 e. The van der Waals surface area contributed by atoms with Crippen molar-refractivity contribution in [1.82, 2.24) is 5.32 Å². The number of halogens is 2. The minimum atomic E-state index is -2.77. The minimum Gasteiger partial charge on any atom is -0.352 e. The average Bonchev–Trinajstić information content (AvgIpc) is 2.46. The molecule has 2 nitrogen and oxygen atoms in total. The van der Waals surface area contributed by atoms with Gasteiger partial charge in [0, 0.05) is 18.5 Å². The molecule has 0 atom stereocenters. The van der Waals surface area contributed by atoms with Gasteiger partial charge in [0.05, 0.1) is 0 Å². The van der Waals surface area contributed by atoms with E-state index in [1.807, 2.05) is 37.3 Å². The summed E-state index contributed by atoms with van der Waals surface area (Å²) >= 11 is 0. The van der Waals surface area contributed by atoms with Gasteiger partial charge in [0.2, 0.25) is 5.92 Å². The Bertz CT molecular complexity index is 662. The van der Waals surface area contributed by atoms with Crippen molar-refractivity contribution in [2.24, 2.45) is 0 Å². The molecule has 0 spiro atoms. The Kier molecular flexibility index (Phi) is 4.91. The van der Waals surface area contributed by atoms with E-state index in [2.05, 4.69) is 5.32 Å². The molecule has 0 aliphatic heterocycles. The Morgan fingerprint density at radius 2 is 1.73 bits per heavy atom. The number of aryl methyl sites for hydroxylation is 1. The van der Waals surface area contributed by atoms with Crippen LogP contribution >= 0.6 is 0 Å². The predicted octanol–water partition coefficient (Wildman–Crippen LogP) is 4.44. The van der Waals surface area contributed by atoms with Crippen molar-refractivity contribution in [3.63, 3.8) is 0 Å². The fraction of sp³-hybridized carbons (Fsp3) is 0.278. The van der Waals surface area contributed by atoms with E-state index in [9.17, 15) is 13.6 Å². The van der Waals surface area contributed by atoms with E-state index in [-0.39, 0.29) is 18.9 Å². The molecule has 0 saturated carbocycles. The Morgan fingerprint density at radius 3 is 2.36 bits per heavy atom. The molecular weight excluding hydrogens is 284 g/mol. The molecular formula is C18H19F2NO. The van der Waals surface area contributed by atoms with Crippen LogP contribution in [0.3, 0.4) is 0 Å². The molecule has 4 heteroatoms. The second-order valence-corrected chi connectivity index (χ2v) is 5.53. The Hall–Kier alpha value is -2.23. The van der Waals surface area contributed by atoms with Crippen molar-refractivity contribution in [1.29, 1.82) is 0 Å². The first-order chi connectivity index (χ1) is 10.3. The van der Waals surface area contributed by atoms with E-state index >= 15 is 0 Å². The number of benzene rings is 2. The summed E-state index contributed by atoms with van der Waals surface area (Å²) in [6.45, 7) is 2.81. The largest absolute Gasteiger partial charge is 0.352 e. The van der Waals surface area contributed by atoms with Crippen molar-refractivity contribution in [3.05, 3.63) is 59.7 Å². The molecule has 0 aliphatic rings. The molecule has 0 aromatic heterocycles. The maximum atomic E-state index is 12.7. The fourth-order valence-electron chi connectivity index (χ4n) is 2.16. The summed E-state index contributed by atoms with van der Waals surface area (Å²) in [7, 11) is 0. The predicted molar refractivity (Wildman–Crippen MR) is 84.2 cm³/mol. The van der Waals surface area contributed by atoms with Crippen LogP contribution < -0.4 is 5.32 Å². The lowest BCUT2D eigenvalue weighted by atomic mass is 10.0. The number of hydrogen-bond acceptors (Lipinski definition) is 1. The van der Waals surface area contributed by atoms with E-state index in [1.54, 1.807) is 18.2 Å². The highest BCUT2D eigenvalue weighted by Crippen LogP contribution is 2.21. The first kappa shape index (κ1) is 16.1. The van der Waals surface area contributed by atoms with Gasteiger partial charge in [0.15, 0.2) is 0 Å². The summed E-state index contributed by atoms with van der Waals surface area (Å²) in [4.78, 5) is 12.0. The third-order valence-corrected chi connectivity index (χ3v) is 3.33. The number of carbonyl (C=O) groups is 1. The normalized spacial score (nSPS) is 11.3. The molecule has 1 N–H and O–H groups in total. The fourth-order valence-corrected chi connectivity index (χ4v) is 2.16. The van der Waals surface area contributed by atoms with Crippen molar-refractivity contribution in [3.8, 4) is 11.1 Å². The molecule has 0 aliphatic carbocycles. The zero-order valence-corrected chi connectivity index (χ0v) is 12.7. The number of alkyl halides is 2. The highest BCUT2D eigenvalue weighted by Gasteiger charge is 2.20. The highest BCUT2D eigenvalue weighted by atomic mass is 19.3. The molecule has 116 valence electrons. The summed E-state index contributed by atoms with van der Waals surface area (Å²) in [5, 5.41) is 2.53. The quantitative estimate of drug-likeness (QED) is 0.869. The van der Waals surface area contributed by atoms with Crippen LogP contribution in [0.1, 0.15) is 29.3 Å². The summed E-state index contributed by atoms with van der Waals surface area (Å²) in [5.74, 6) is -3.10.